The Balaban J connectivity index is 1.79. The van der Waals surface area contributed by atoms with Crippen LogP contribution in [0.25, 0.3) is 0 Å². The van der Waals surface area contributed by atoms with Crippen LogP contribution in [0.2, 0.25) is 10.0 Å². The first kappa shape index (κ1) is 16.8. The van der Waals surface area contributed by atoms with Gasteiger partial charge in [0.2, 0.25) is 10.0 Å². The molecule has 1 aliphatic rings. The Morgan fingerprint density at radius 2 is 1.96 bits per heavy atom. The highest BCUT2D eigenvalue weighted by atomic mass is 35.5. The van der Waals surface area contributed by atoms with Crippen molar-refractivity contribution in [2.45, 2.75) is 37.1 Å². The van der Waals surface area contributed by atoms with Gasteiger partial charge in [-0.3, -0.25) is 0 Å². The molecule has 0 unspecified atom stereocenters. The van der Waals surface area contributed by atoms with E-state index < -0.39 is 10.0 Å². The number of hydrogen-bond donors (Lipinski definition) is 1. The van der Waals surface area contributed by atoms with E-state index in [1.165, 1.54) is 23.9 Å². The maximum absolute atomic E-state index is 12.4. The fraction of sp³-hybridized carbons (Fsp3) is 0.400. The van der Waals surface area contributed by atoms with Crippen molar-refractivity contribution < 1.29 is 8.42 Å². The fourth-order valence-corrected chi connectivity index (χ4v) is 4.16. The molecule has 1 N–H and O–H groups in total. The average molecular weight is 374 g/mol. The first-order chi connectivity index (χ1) is 10.9. The van der Waals surface area contributed by atoms with Crippen LogP contribution < -0.4 is 4.72 Å². The number of sulfonamides is 1. The maximum atomic E-state index is 12.4. The van der Waals surface area contributed by atoms with E-state index in [2.05, 4.69) is 9.71 Å². The van der Waals surface area contributed by atoms with Crippen LogP contribution in [0.5, 0.6) is 0 Å². The molecule has 5 nitrogen and oxygen atoms in total. The van der Waals surface area contributed by atoms with Gasteiger partial charge >= 0.3 is 0 Å². The summed E-state index contributed by atoms with van der Waals surface area (Å²) in [5, 5.41) is 0.532. The van der Waals surface area contributed by atoms with Crippen LogP contribution in [-0.4, -0.2) is 18.0 Å². The molecule has 1 heterocycles. The number of rotatable bonds is 4. The molecule has 124 valence electrons. The number of halogens is 2. The minimum atomic E-state index is -3.66. The van der Waals surface area contributed by atoms with Crippen LogP contribution in [0, 0.1) is 0 Å². The Hall–Kier alpha value is -1.08. The van der Waals surface area contributed by atoms with Crippen molar-refractivity contribution in [1.82, 2.24) is 14.3 Å². The van der Waals surface area contributed by atoms with Gasteiger partial charge in [-0.1, -0.05) is 23.2 Å². The van der Waals surface area contributed by atoms with E-state index >= 15 is 0 Å². The van der Waals surface area contributed by atoms with Crippen LogP contribution in [0.1, 0.15) is 30.1 Å². The lowest BCUT2D eigenvalue weighted by Gasteiger charge is -2.11. The highest BCUT2D eigenvalue weighted by Gasteiger charge is 2.20. The van der Waals surface area contributed by atoms with Crippen molar-refractivity contribution in [3.63, 3.8) is 0 Å². The van der Waals surface area contributed by atoms with Gasteiger partial charge in [-0.2, -0.15) is 0 Å². The zero-order valence-electron chi connectivity index (χ0n) is 12.6. The standard InChI is InChI=1S/C15H17Cl2N3O2S/c1-20-14-5-3-2-4-13(14)19-15(20)9-18-23(21,22)10-6-7-11(16)12(17)8-10/h6-8,18H,2-5,9H2,1H3. The third kappa shape index (κ3) is 3.40. The Bertz CT molecular complexity index is 847. The van der Waals surface area contributed by atoms with Crippen molar-refractivity contribution in [2.24, 2.45) is 7.05 Å². The zero-order chi connectivity index (χ0) is 16.6. The van der Waals surface area contributed by atoms with E-state index in [-0.39, 0.29) is 16.5 Å². The summed E-state index contributed by atoms with van der Waals surface area (Å²) in [6.45, 7) is 0.145. The molecule has 0 amide bonds. The Labute approximate surface area is 145 Å². The molecular weight excluding hydrogens is 357 g/mol. The Kier molecular flexibility index (Phi) is 4.69. The van der Waals surface area contributed by atoms with Crippen LogP contribution in [-0.2, 0) is 36.5 Å². The molecule has 3 rings (SSSR count). The van der Waals surface area contributed by atoms with Gasteiger partial charge in [0.05, 0.1) is 27.2 Å². The summed E-state index contributed by atoms with van der Waals surface area (Å²) in [4.78, 5) is 4.66. The van der Waals surface area contributed by atoms with Gasteiger partial charge in [-0.05, 0) is 43.9 Å². The second-order valence-electron chi connectivity index (χ2n) is 5.59. The number of aryl methyl sites for hydroxylation is 1. The Morgan fingerprint density at radius 1 is 1.22 bits per heavy atom. The second kappa shape index (κ2) is 6.43. The van der Waals surface area contributed by atoms with Gasteiger partial charge in [0, 0.05) is 12.7 Å². The first-order valence-corrected chi connectivity index (χ1v) is 9.60. The van der Waals surface area contributed by atoms with Crippen LogP contribution >= 0.6 is 23.2 Å². The summed E-state index contributed by atoms with van der Waals surface area (Å²) < 4.78 is 29.3. The second-order valence-corrected chi connectivity index (χ2v) is 8.17. The lowest BCUT2D eigenvalue weighted by atomic mass is 10.0. The third-order valence-electron chi connectivity index (χ3n) is 4.09. The van der Waals surface area contributed by atoms with Crippen LogP contribution in [0.4, 0.5) is 0 Å². The zero-order valence-corrected chi connectivity index (χ0v) is 15.0. The van der Waals surface area contributed by atoms with Crippen LogP contribution in [0.15, 0.2) is 23.1 Å². The van der Waals surface area contributed by atoms with Crippen molar-refractivity contribution in [3.05, 3.63) is 45.5 Å². The third-order valence-corrected chi connectivity index (χ3v) is 6.23. The number of nitrogens with one attached hydrogen (secondary N) is 1. The van der Waals surface area contributed by atoms with Gasteiger partial charge in [-0.25, -0.2) is 18.1 Å². The highest BCUT2D eigenvalue weighted by molar-refractivity contribution is 7.89. The molecular formula is C15H17Cl2N3O2S. The quantitative estimate of drug-likeness (QED) is 0.895. The van der Waals surface area contributed by atoms with E-state index in [0.29, 0.717) is 5.02 Å². The minimum absolute atomic E-state index is 0.0888. The molecule has 0 saturated heterocycles. The number of benzene rings is 1. The molecule has 0 atom stereocenters. The number of aromatic nitrogens is 2. The monoisotopic (exact) mass is 373 g/mol. The maximum Gasteiger partial charge on any atom is 0.241 e. The van der Waals surface area contributed by atoms with Gasteiger partial charge < -0.3 is 4.57 Å². The lowest BCUT2D eigenvalue weighted by Crippen LogP contribution is -2.25. The lowest BCUT2D eigenvalue weighted by molar-refractivity contribution is 0.576. The molecule has 0 bridgehead atoms. The largest absolute Gasteiger partial charge is 0.334 e. The summed E-state index contributed by atoms with van der Waals surface area (Å²) in [6.07, 6.45) is 4.25. The topological polar surface area (TPSA) is 64.0 Å². The normalized spacial score (nSPS) is 14.7. The van der Waals surface area contributed by atoms with Gasteiger partial charge in [0.25, 0.3) is 0 Å². The summed E-state index contributed by atoms with van der Waals surface area (Å²) in [5.41, 5.74) is 2.29. The Morgan fingerprint density at radius 3 is 2.65 bits per heavy atom. The summed E-state index contributed by atoms with van der Waals surface area (Å²) >= 11 is 11.7. The van der Waals surface area contributed by atoms with Gasteiger partial charge in [0.1, 0.15) is 5.82 Å². The summed E-state index contributed by atoms with van der Waals surface area (Å²) in [5.74, 6) is 0.723. The number of hydrogen-bond acceptors (Lipinski definition) is 3. The molecule has 1 aromatic heterocycles. The van der Waals surface area contributed by atoms with Crippen molar-refractivity contribution in [3.8, 4) is 0 Å². The number of fused-ring (bicyclic) bond motifs is 1. The van der Waals surface area contributed by atoms with Gasteiger partial charge in [0.15, 0.2) is 0 Å². The molecule has 0 aliphatic heterocycles. The smallest absolute Gasteiger partial charge is 0.241 e. The minimum Gasteiger partial charge on any atom is -0.334 e. The highest BCUT2D eigenvalue weighted by Crippen LogP contribution is 2.25. The van der Waals surface area contributed by atoms with Crippen molar-refractivity contribution >= 4 is 33.2 Å². The van der Waals surface area contributed by atoms with E-state index in [1.807, 2.05) is 11.6 Å². The fourth-order valence-electron chi connectivity index (χ4n) is 2.79. The van der Waals surface area contributed by atoms with Crippen molar-refractivity contribution in [2.75, 3.05) is 0 Å². The van der Waals surface area contributed by atoms with E-state index in [9.17, 15) is 8.42 Å². The number of imidazole rings is 1. The van der Waals surface area contributed by atoms with E-state index in [1.54, 1.807) is 0 Å². The first-order valence-electron chi connectivity index (χ1n) is 7.36. The van der Waals surface area contributed by atoms with Gasteiger partial charge in [-0.15, -0.1) is 0 Å². The molecule has 23 heavy (non-hydrogen) atoms. The average Bonchev–Trinajstić information content (AvgIpc) is 2.85. The molecule has 1 aromatic carbocycles. The summed E-state index contributed by atoms with van der Waals surface area (Å²) in [7, 11) is -1.73. The molecule has 0 radical (unpaired) electrons. The van der Waals surface area contributed by atoms with Crippen molar-refractivity contribution in [1.29, 1.82) is 0 Å². The molecule has 0 saturated carbocycles. The number of nitrogens with zero attached hydrogens (tertiary/aromatic N) is 2. The molecule has 1 aliphatic carbocycles. The van der Waals surface area contributed by atoms with E-state index in [4.69, 9.17) is 23.2 Å². The van der Waals surface area contributed by atoms with E-state index in [0.717, 1.165) is 37.2 Å². The molecule has 0 spiro atoms. The molecule has 2 aromatic rings. The summed E-state index contributed by atoms with van der Waals surface area (Å²) in [6, 6.07) is 4.24. The predicted molar refractivity (Wildman–Crippen MR) is 90.3 cm³/mol. The molecule has 8 heteroatoms. The van der Waals surface area contributed by atoms with Crippen LogP contribution in [0.3, 0.4) is 0 Å². The predicted octanol–water partition coefficient (Wildman–Crippen LogP) is 3.08. The SMILES string of the molecule is Cn1c(CNS(=O)(=O)c2ccc(Cl)c(Cl)c2)nc2c1CCCC2. The molecule has 0 fully saturated rings.